The first-order valence-electron chi connectivity index (χ1n) is 8.18. The third-order valence-corrected chi connectivity index (χ3v) is 4.42. The Morgan fingerprint density at radius 2 is 1.75 bits per heavy atom. The van der Waals surface area contributed by atoms with Crippen LogP contribution in [-0.2, 0) is 19.1 Å². The molecule has 0 heterocycles. The molecule has 2 atom stereocenters. The van der Waals surface area contributed by atoms with Gasteiger partial charge in [-0.05, 0) is 18.9 Å². The lowest BCUT2D eigenvalue weighted by Crippen LogP contribution is -2.37. The van der Waals surface area contributed by atoms with Gasteiger partial charge in [-0.3, -0.25) is 35.2 Å². The van der Waals surface area contributed by atoms with Gasteiger partial charge in [0, 0.05) is 18.2 Å². The van der Waals surface area contributed by atoms with E-state index in [9.17, 15) is 29.8 Å². The van der Waals surface area contributed by atoms with Crippen LogP contribution in [0.4, 0.5) is 17.1 Å². The number of anilines is 1. The van der Waals surface area contributed by atoms with E-state index in [1.165, 1.54) is 20.3 Å². The number of esters is 2. The molecule has 1 aliphatic rings. The summed E-state index contributed by atoms with van der Waals surface area (Å²) in [6.45, 7) is 0. The van der Waals surface area contributed by atoms with E-state index < -0.39 is 45.0 Å². The molecular formula is C16H18N4O8. The van der Waals surface area contributed by atoms with Crippen molar-refractivity contribution in [2.45, 2.75) is 19.3 Å². The second-order valence-electron chi connectivity index (χ2n) is 6.01. The lowest BCUT2D eigenvalue weighted by molar-refractivity contribution is -0.393. The number of benzene rings is 1. The topological polar surface area (TPSA) is 163 Å². The zero-order chi connectivity index (χ0) is 20.8. The monoisotopic (exact) mass is 394 g/mol. The van der Waals surface area contributed by atoms with Crippen molar-refractivity contribution in [2.24, 2.45) is 16.9 Å². The number of nitrogens with zero attached hydrogens (tertiary/aromatic N) is 3. The maximum atomic E-state index is 12.0. The van der Waals surface area contributed by atoms with Gasteiger partial charge in [-0.25, -0.2) is 0 Å². The number of carbonyl (C=O) groups excluding carboxylic acids is 2. The van der Waals surface area contributed by atoms with Crippen molar-refractivity contribution in [2.75, 3.05) is 19.6 Å². The number of carbonyl (C=O) groups is 2. The Hall–Kier alpha value is -3.57. The summed E-state index contributed by atoms with van der Waals surface area (Å²) in [5.41, 5.74) is 2.06. The normalized spacial score (nSPS) is 20.3. The van der Waals surface area contributed by atoms with Gasteiger partial charge in [0.2, 0.25) is 0 Å². The second kappa shape index (κ2) is 8.88. The van der Waals surface area contributed by atoms with Gasteiger partial charge in [-0.2, -0.15) is 5.10 Å². The molecule has 1 aromatic rings. The lowest BCUT2D eigenvalue weighted by Gasteiger charge is -2.28. The molecule has 2 rings (SSSR count). The maximum absolute atomic E-state index is 12.0. The molecule has 0 amide bonds. The van der Waals surface area contributed by atoms with Crippen LogP contribution in [0.5, 0.6) is 0 Å². The number of non-ortho nitro benzene ring substituents is 1. The molecule has 1 aromatic carbocycles. The summed E-state index contributed by atoms with van der Waals surface area (Å²) >= 11 is 0. The molecule has 12 heteroatoms. The quantitative estimate of drug-likeness (QED) is 0.432. The molecule has 12 nitrogen and oxygen atoms in total. The zero-order valence-corrected chi connectivity index (χ0v) is 15.1. The van der Waals surface area contributed by atoms with E-state index in [1.807, 2.05) is 0 Å². The first-order chi connectivity index (χ1) is 13.3. The minimum atomic E-state index is -0.779. The van der Waals surface area contributed by atoms with Crippen molar-refractivity contribution >= 4 is 34.7 Å². The highest BCUT2D eigenvalue weighted by molar-refractivity contribution is 5.93. The van der Waals surface area contributed by atoms with Gasteiger partial charge in [0.05, 0.1) is 42.0 Å². The molecule has 0 unspecified atom stereocenters. The second-order valence-corrected chi connectivity index (χ2v) is 6.01. The summed E-state index contributed by atoms with van der Waals surface area (Å²) in [7, 11) is 2.44. The number of hydrogen-bond acceptors (Lipinski definition) is 10. The summed E-state index contributed by atoms with van der Waals surface area (Å²) in [4.78, 5) is 44.3. The summed E-state index contributed by atoms with van der Waals surface area (Å²) in [5, 5.41) is 26.0. The fraction of sp³-hybridized carbons (Fsp3) is 0.438. The number of ether oxygens (including phenoxy) is 2. The highest BCUT2D eigenvalue weighted by atomic mass is 16.6. The van der Waals surface area contributed by atoms with Crippen LogP contribution in [0, 0.1) is 32.1 Å². The van der Waals surface area contributed by atoms with Crippen molar-refractivity contribution in [3.63, 3.8) is 0 Å². The van der Waals surface area contributed by atoms with Gasteiger partial charge in [0.25, 0.3) is 5.69 Å². The molecule has 1 N–H and O–H groups in total. The molecule has 150 valence electrons. The van der Waals surface area contributed by atoms with Crippen molar-refractivity contribution in [1.82, 2.24) is 0 Å². The van der Waals surface area contributed by atoms with Crippen LogP contribution in [0.1, 0.15) is 19.3 Å². The number of nitro benzene ring substituents is 2. The van der Waals surface area contributed by atoms with Gasteiger partial charge < -0.3 is 9.47 Å². The highest BCUT2D eigenvalue weighted by Gasteiger charge is 2.39. The van der Waals surface area contributed by atoms with E-state index >= 15 is 0 Å². The summed E-state index contributed by atoms with van der Waals surface area (Å²) < 4.78 is 9.46. The molecule has 0 bridgehead atoms. The maximum Gasteiger partial charge on any atom is 0.309 e. The average molecular weight is 394 g/mol. The zero-order valence-electron chi connectivity index (χ0n) is 15.1. The molecule has 28 heavy (non-hydrogen) atoms. The number of rotatable bonds is 6. The van der Waals surface area contributed by atoms with Crippen LogP contribution < -0.4 is 5.43 Å². The van der Waals surface area contributed by atoms with Crippen molar-refractivity contribution < 1.29 is 28.9 Å². The lowest BCUT2D eigenvalue weighted by atomic mass is 9.78. The SMILES string of the molecule is COC(=O)[C@H]1C/C(=N\Nc2ccc([N+](=O)[O-])cc2[N+](=O)[O-])CC[C@H]1C(=O)OC. The van der Waals surface area contributed by atoms with Crippen molar-refractivity contribution in [3.8, 4) is 0 Å². The fourth-order valence-corrected chi connectivity index (χ4v) is 2.97. The Morgan fingerprint density at radius 1 is 1.11 bits per heavy atom. The number of nitrogens with one attached hydrogen (secondary N) is 1. The number of hydrogen-bond donors (Lipinski definition) is 1. The molecule has 1 saturated carbocycles. The van der Waals surface area contributed by atoms with Crippen LogP contribution in [0.2, 0.25) is 0 Å². The van der Waals surface area contributed by atoms with E-state index in [-0.39, 0.29) is 12.1 Å². The van der Waals surface area contributed by atoms with Gasteiger partial charge >= 0.3 is 17.6 Å². The molecule has 0 radical (unpaired) electrons. The van der Waals surface area contributed by atoms with Crippen LogP contribution >= 0.6 is 0 Å². The molecular weight excluding hydrogens is 376 g/mol. The highest BCUT2D eigenvalue weighted by Crippen LogP contribution is 2.32. The van der Waals surface area contributed by atoms with Crippen LogP contribution in [-0.4, -0.2) is 41.7 Å². The molecule has 1 aliphatic carbocycles. The third-order valence-electron chi connectivity index (χ3n) is 4.42. The van der Waals surface area contributed by atoms with Crippen molar-refractivity contribution in [3.05, 3.63) is 38.4 Å². The molecule has 0 saturated heterocycles. The molecule has 0 aromatic heterocycles. The summed E-state index contributed by atoms with van der Waals surface area (Å²) in [6, 6.07) is 3.12. The first-order valence-corrected chi connectivity index (χ1v) is 8.18. The smallest absolute Gasteiger partial charge is 0.309 e. The molecule has 0 spiro atoms. The van der Waals surface area contributed by atoms with Crippen LogP contribution in [0.15, 0.2) is 23.3 Å². The van der Waals surface area contributed by atoms with Gasteiger partial charge in [-0.15, -0.1) is 0 Å². The summed E-state index contributed by atoms with van der Waals surface area (Å²) in [6.07, 6.45) is 0.774. The van der Waals surface area contributed by atoms with E-state index in [2.05, 4.69) is 10.5 Å². The van der Waals surface area contributed by atoms with E-state index in [0.29, 0.717) is 18.6 Å². The van der Waals surface area contributed by atoms with Gasteiger partial charge in [0.1, 0.15) is 5.69 Å². The Labute approximate surface area is 158 Å². The first kappa shape index (κ1) is 20.7. The van der Waals surface area contributed by atoms with E-state index in [0.717, 1.165) is 12.1 Å². The Morgan fingerprint density at radius 3 is 2.32 bits per heavy atom. The standard InChI is InChI=1S/C16H18N4O8/c1-27-15(21)11-5-3-9(7-12(11)16(22)28-2)17-18-13-6-4-10(19(23)24)8-14(13)20(25)26/h4,6,8,11-12,18H,3,5,7H2,1-2H3/b17-9-/t11-,12+/m1/s1. The molecule has 0 aliphatic heterocycles. The van der Waals surface area contributed by atoms with Crippen LogP contribution in [0.25, 0.3) is 0 Å². The molecule has 1 fully saturated rings. The summed E-state index contributed by atoms with van der Waals surface area (Å²) in [5.74, 6) is -2.54. The van der Waals surface area contributed by atoms with Gasteiger partial charge in [-0.1, -0.05) is 0 Å². The number of methoxy groups -OCH3 is 2. The minimum Gasteiger partial charge on any atom is -0.469 e. The largest absolute Gasteiger partial charge is 0.469 e. The average Bonchev–Trinajstić information content (AvgIpc) is 2.70. The fourth-order valence-electron chi connectivity index (χ4n) is 2.97. The Balaban J connectivity index is 2.22. The van der Waals surface area contributed by atoms with E-state index in [1.54, 1.807) is 0 Å². The van der Waals surface area contributed by atoms with Gasteiger partial charge in [0.15, 0.2) is 0 Å². The Kier molecular flexibility index (Phi) is 6.58. The van der Waals surface area contributed by atoms with E-state index in [4.69, 9.17) is 9.47 Å². The number of nitro groups is 2. The van der Waals surface area contributed by atoms with Crippen LogP contribution in [0.3, 0.4) is 0 Å². The predicted molar refractivity (Wildman–Crippen MR) is 95.7 cm³/mol. The predicted octanol–water partition coefficient (Wildman–Crippen LogP) is 2.03. The third kappa shape index (κ3) is 4.58. The Bertz CT molecular complexity index is 838. The van der Waals surface area contributed by atoms with Crippen molar-refractivity contribution in [1.29, 1.82) is 0 Å². The minimum absolute atomic E-state index is 0.0344. The number of hydrazone groups is 1.